The van der Waals surface area contributed by atoms with Crippen LogP contribution >= 0.6 is 0 Å². The van der Waals surface area contributed by atoms with Gasteiger partial charge in [-0.2, -0.15) is 0 Å². The molecule has 0 N–H and O–H groups in total. The summed E-state index contributed by atoms with van der Waals surface area (Å²) in [5.41, 5.74) is 2.96. The van der Waals surface area contributed by atoms with Gasteiger partial charge in [0.05, 0.1) is 12.4 Å². The van der Waals surface area contributed by atoms with E-state index in [1.165, 1.54) is 0 Å². The fourth-order valence-corrected chi connectivity index (χ4v) is 3.06. The summed E-state index contributed by atoms with van der Waals surface area (Å²) in [6.45, 7) is 2.67. The Morgan fingerprint density at radius 3 is 2.59 bits per heavy atom. The highest BCUT2D eigenvalue weighted by molar-refractivity contribution is 5.60. The predicted octanol–water partition coefficient (Wildman–Crippen LogP) is 5.12. The highest BCUT2D eigenvalue weighted by Gasteiger charge is 2.17. The van der Waals surface area contributed by atoms with Crippen molar-refractivity contribution in [2.75, 3.05) is 0 Å². The molecule has 27 heavy (non-hydrogen) atoms. The van der Waals surface area contributed by atoms with E-state index in [0.717, 1.165) is 34.8 Å². The van der Waals surface area contributed by atoms with E-state index in [4.69, 9.17) is 9.26 Å². The van der Waals surface area contributed by atoms with Crippen molar-refractivity contribution in [3.8, 4) is 17.0 Å². The average molecular weight is 359 g/mol. The first-order valence-corrected chi connectivity index (χ1v) is 9.04. The van der Waals surface area contributed by atoms with Crippen LogP contribution in [0.3, 0.4) is 0 Å². The number of nitrogens with zero attached hydrogens (tertiary/aromatic N) is 3. The minimum atomic E-state index is 0.0993. The summed E-state index contributed by atoms with van der Waals surface area (Å²) in [5.74, 6) is 1.66. The van der Waals surface area contributed by atoms with Gasteiger partial charge >= 0.3 is 0 Å². The number of aromatic nitrogens is 3. The van der Waals surface area contributed by atoms with Crippen molar-refractivity contribution >= 4 is 0 Å². The molecule has 2 aromatic heterocycles. The third-order valence-corrected chi connectivity index (χ3v) is 4.53. The lowest BCUT2D eigenvalue weighted by Crippen LogP contribution is -2.06. The first-order chi connectivity index (χ1) is 13.3. The van der Waals surface area contributed by atoms with Crippen molar-refractivity contribution < 1.29 is 9.26 Å². The smallest absolute Gasteiger partial charge is 0.160 e. The summed E-state index contributed by atoms with van der Waals surface area (Å²) in [5, 5.41) is 4.24. The van der Waals surface area contributed by atoms with E-state index < -0.39 is 0 Å². The summed E-state index contributed by atoms with van der Waals surface area (Å²) in [4.78, 5) is 4.12. The van der Waals surface area contributed by atoms with Crippen molar-refractivity contribution in [2.24, 2.45) is 0 Å². The van der Waals surface area contributed by atoms with Crippen molar-refractivity contribution in [1.82, 2.24) is 14.7 Å². The Kier molecular flexibility index (Phi) is 5.01. The Morgan fingerprint density at radius 2 is 1.89 bits per heavy atom. The van der Waals surface area contributed by atoms with Crippen LogP contribution in [0.2, 0.25) is 0 Å². The molecule has 0 radical (unpaired) electrons. The van der Waals surface area contributed by atoms with Crippen LogP contribution in [0.5, 0.6) is 5.75 Å². The summed E-state index contributed by atoms with van der Waals surface area (Å²) >= 11 is 0. The molecule has 0 amide bonds. The van der Waals surface area contributed by atoms with Crippen LogP contribution in [0.1, 0.15) is 30.7 Å². The first kappa shape index (κ1) is 17.1. The van der Waals surface area contributed by atoms with E-state index in [2.05, 4.69) is 29.2 Å². The SMILES string of the molecule is CCC(c1cc(-c2ccc(OCc3ccccc3)cc2)no1)n1ccnc1. The predicted molar refractivity (Wildman–Crippen MR) is 103 cm³/mol. The zero-order chi connectivity index (χ0) is 18.5. The second-order valence-corrected chi connectivity index (χ2v) is 6.35. The Morgan fingerprint density at radius 1 is 1.07 bits per heavy atom. The minimum absolute atomic E-state index is 0.0993. The number of rotatable bonds is 7. The minimum Gasteiger partial charge on any atom is -0.489 e. The summed E-state index contributed by atoms with van der Waals surface area (Å²) in [6.07, 6.45) is 6.41. The lowest BCUT2D eigenvalue weighted by Gasteiger charge is -2.12. The number of ether oxygens (including phenoxy) is 1. The average Bonchev–Trinajstić information content (AvgIpc) is 3.41. The molecule has 0 fully saturated rings. The highest BCUT2D eigenvalue weighted by atomic mass is 16.5. The normalized spacial score (nSPS) is 12.0. The van der Waals surface area contributed by atoms with Crippen LogP contribution in [0.4, 0.5) is 0 Å². The summed E-state index contributed by atoms with van der Waals surface area (Å²) in [7, 11) is 0. The molecule has 0 aliphatic rings. The van der Waals surface area contributed by atoms with E-state index in [0.29, 0.717) is 6.61 Å². The lowest BCUT2D eigenvalue weighted by atomic mass is 10.1. The Hall–Kier alpha value is -3.34. The molecule has 5 heteroatoms. The van der Waals surface area contributed by atoms with Gasteiger partial charge in [-0.1, -0.05) is 42.4 Å². The van der Waals surface area contributed by atoms with Crippen LogP contribution in [0.15, 0.2) is 83.9 Å². The van der Waals surface area contributed by atoms with Crippen molar-refractivity contribution in [3.63, 3.8) is 0 Å². The summed E-state index contributed by atoms with van der Waals surface area (Å²) in [6, 6.07) is 20.1. The van der Waals surface area contributed by atoms with E-state index in [1.807, 2.05) is 59.3 Å². The topological polar surface area (TPSA) is 53.1 Å². The Balaban J connectivity index is 1.45. The fraction of sp³-hybridized carbons (Fsp3) is 0.182. The largest absolute Gasteiger partial charge is 0.489 e. The maximum Gasteiger partial charge on any atom is 0.160 e. The van der Waals surface area contributed by atoms with Gasteiger partial charge in [0.1, 0.15) is 18.1 Å². The maximum absolute atomic E-state index is 5.84. The highest BCUT2D eigenvalue weighted by Crippen LogP contribution is 2.28. The quantitative estimate of drug-likeness (QED) is 0.460. The molecule has 2 heterocycles. The van der Waals surface area contributed by atoms with Crippen molar-refractivity contribution in [1.29, 1.82) is 0 Å². The lowest BCUT2D eigenvalue weighted by molar-refractivity contribution is 0.306. The van der Waals surface area contributed by atoms with Gasteiger partial charge in [-0.15, -0.1) is 0 Å². The molecule has 0 aliphatic heterocycles. The molecule has 0 saturated carbocycles. The Bertz CT molecular complexity index is 960. The molecule has 0 spiro atoms. The van der Waals surface area contributed by atoms with Crippen LogP contribution in [-0.2, 0) is 6.61 Å². The van der Waals surface area contributed by atoms with Crippen LogP contribution < -0.4 is 4.74 Å². The van der Waals surface area contributed by atoms with Gasteiger partial charge in [0.2, 0.25) is 0 Å². The zero-order valence-corrected chi connectivity index (χ0v) is 15.2. The van der Waals surface area contributed by atoms with E-state index in [-0.39, 0.29) is 6.04 Å². The van der Waals surface area contributed by atoms with Gasteiger partial charge in [-0.3, -0.25) is 0 Å². The third kappa shape index (κ3) is 3.92. The third-order valence-electron chi connectivity index (χ3n) is 4.53. The molecule has 5 nitrogen and oxygen atoms in total. The Labute approximate surface area is 158 Å². The van der Waals surface area contributed by atoms with Gasteiger partial charge in [-0.05, 0) is 36.2 Å². The van der Waals surface area contributed by atoms with Crippen molar-refractivity contribution in [2.45, 2.75) is 26.0 Å². The molecule has 0 aliphatic carbocycles. The molecule has 2 aromatic carbocycles. The second kappa shape index (κ2) is 7.91. The summed E-state index contributed by atoms with van der Waals surface area (Å²) < 4.78 is 13.5. The van der Waals surface area contributed by atoms with Crippen LogP contribution in [0, 0.1) is 0 Å². The van der Waals surface area contributed by atoms with Crippen LogP contribution in [-0.4, -0.2) is 14.7 Å². The molecule has 4 aromatic rings. The van der Waals surface area contributed by atoms with E-state index in [1.54, 1.807) is 12.5 Å². The van der Waals surface area contributed by atoms with Gasteiger partial charge in [0.25, 0.3) is 0 Å². The van der Waals surface area contributed by atoms with Gasteiger partial charge in [0.15, 0.2) is 5.76 Å². The fourth-order valence-electron chi connectivity index (χ4n) is 3.06. The van der Waals surface area contributed by atoms with Crippen LogP contribution in [0.25, 0.3) is 11.3 Å². The second-order valence-electron chi connectivity index (χ2n) is 6.35. The zero-order valence-electron chi connectivity index (χ0n) is 15.2. The number of benzene rings is 2. The molecule has 0 saturated heterocycles. The molecular formula is C22H21N3O2. The number of imidazole rings is 1. The van der Waals surface area contributed by atoms with Crippen molar-refractivity contribution in [3.05, 3.63) is 90.7 Å². The molecular weight excluding hydrogens is 338 g/mol. The number of hydrogen-bond acceptors (Lipinski definition) is 4. The monoisotopic (exact) mass is 359 g/mol. The van der Waals surface area contributed by atoms with E-state index in [9.17, 15) is 0 Å². The maximum atomic E-state index is 5.84. The molecule has 1 unspecified atom stereocenters. The van der Waals surface area contributed by atoms with Gasteiger partial charge in [-0.25, -0.2) is 4.98 Å². The van der Waals surface area contributed by atoms with Gasteiger partial charge < -0.3 is 13.8 Å². The molecule has 1 atom stereocenters. The van der Waals surface area contributed by atoms with E-state index >= 15 is 0 Å². The first-order valence-electron chi connectivity index (χ1n) is 9.04. The van der Waals surface area contributed by atoms with Gasteiger partial charge in [0, 0.05) is 24.0 Å². The molecule has 0 bridgehead atoms. The molecule has 4 rings (SSSR count). The number of hydrogen-bond donors (Lipinski definition) is 0. The standard InChI is InChI=1S/C22H21N3O2/c1-2-21(25-13-12-23-16-25)22-14-20(24-27-22)18-8-10-19(11-9-18)26-15-17-6-4-3-5-7-17/h3-14,16,21H,2,15H2,1H3. The molecule has 136 valence electrons.